The zero-order chi connectivity index (χ0) is 24.1. The molecule has 0 aliphatic heterocycles. The summed E-state index contributed by atoms with van der Waals surface area (Å²) < 4.78 is 14.9. The molecule has 176 valence electrons. The first kappa shape index (κ1) is 25.4. The van der Waals surface area contributed by atoms with E-state index in [9.17, 15) is 4.79 Å². The van der Waals surface area contributed by atoms with Crippen molar-refractivity contribution in [3.63, 3.8) is 0 Å². The number of ether oxygens (including phenoxy) is 2. The van der Waals surface area contributed by atoms with Crippen molar-refractivity contribution in [2.45, 2.75) is 59.5 Å². The lowest BCUT2D eigenvalue weighted by Crippen LogP contribution is -2.23. The second-order valence-electron chi connectivity index (χ2n) is 7.90. The van der Waals surface area contributed by atoms with Crippen LogP contribution < -0.4 is 15.0 Å². The normalized spacial score (nSPS) is 13.4. The Balaban J connectivity index is 2.11. The lowest BCUT2D eigenvalue weighted by atomic mass is 10.1. The van der Waals surface area contributed by atoms with Gasteiger partial charge in [0, 0.05) is 10.4 Å². The maximum atomic E-state index is 13.3. The van der Waals surface area contributed by atoms with E-state index < -0.39 is 0 Å². The summed E-state index contributed by atoms with van der Waals surface area (Å²) in [6.45, 7) is 10.6. The molecule has 33 heavy (non-hydrogen) atoms. The minimum absolute atomic E-state index is 0.0553. The molecule has 8 heteroatoms. The van der Waals surface area contributed by atoms with Gasteiger partial charge in [-0.05, 0) is 78.5 Å². The minimum Gasteiger partial charge on any atom is -0.490 e. The van der Waals surface area contributed by atoms with Crippen molar-refractivity contribution in [1.29, 1.82) is 0 Å². The Bertz CT molecular complexity index is 1220. The highest BCUT2D eigenvalue weighted by molar-refractivity contribution is 9.10. The fourth-order valence-corrected chi connectivity index (χ4v) is 4.14. The molecule has 0 saturated carbocycles. The summed E-state index contributed by atoms with van der Waals surface area (Å²) in [4.78, 5) is 18.1. The van der Waals surface area contributed by atoms with E-state index >= 15 is 0 Å². The van der Waals surface area contributed by atoms with Gasteiger partial charge in [-0.15, -0.1) is 0 Å². The molecule has 3 aromatic rings. The second-order valence-corrected chi connectivity index (χ2v) is 9.67. The van der Waals surface area contributed by atoms with Crippen LogP contribution >= 0.6 is 31.9 Å². The maximum absolute atomic E-state index is 13.3. The van der Waals surface area contributed by atoms with Crippen LogP contribution in [0.4, 0.5) is 0 Å². The molecule has 0 aliphatic carbocycles. The zero-order valence-electron chi connectivity index (χ0n) is 19.6. The Morgan fingerprint density at radius 3 is 2.55 bits per heavy atom. The SMILES string of the molecule is CCOc1cc(C=Nn2c([C@@H](C)CC)nc3ccc(Br)cc3c2=O)cc(Br)c1O[C@@H](C)CC. The van der Waals surface area contributed by atoms with Crippen LogP contribution in [0.15, 0.2) is 49.2 Å². The molecule has 0 fully saturated rings. The summed E-state index contributed by atoms with van der Waals surface area (Å²) in [6.07, 6.45) is 3.43. The fourth-order valence-electron chi connectivity index (χ4n) is 3.23. The second kappa shape index (κ2) is 11.3. The Morgan fingerprint density at radius 1 is 1.12 bits per heavy atom. The van der Waals surface area contributed by atoms with E-state index in [0.717, 1.165) is 27.4 Å². The number of nitrogens with zero attached hydrogens (tertiary/aromatic N) is 3. The van der Waals surface area contributed by atoms with Crippen LogP contribution in [0.5, 0.6) is 11.5 Å². The average Bonchev–Trinajstić information content (AvgIpc) is 2.80. The summed E-state index contributed by atoms with van der Waals surface area (Å²) >= 11 is 7.05. The van der Waals surface area contributed by atoms with Crippen LogP contribution in [-0.4, -0.2) is 28.6 Å². The van der Waals surface area contributed by atoms with Gasteiger partial charge in [0.1, 0.15) is 5.82 Å². The predicted molar refractivity (Wildman–Crippen MR) is 141 cm³/mol. The largest absolute Gasteiger partial charge is 0.490 e. The number of hydrogen-bond donors (Lipinski definition) is 0. The molecule has 0 N–H and O–H groups in total. The highest BCUT2D eigenvalue weighted by Crippen LogP contribution is 2.37. The molecule has 0 bridgehead atoms. The molecule has 6 nitrogen and oxygen atoms in total. The first-order chi connectivity index (χ1) is 15.8. The lowest BCUT2D eigenvalue weighted by molar-refractivity contribution is 0.202. The van der Waals surface area contributed by atoms with Gasteiger partial charge in [0.2, 0.25) is 0 Å². The fraction of sp³-hybridized carbons (Fsp3) is 0.400. The van der Waals surface area contributed by atoms with E-state index in [2.05, 4.69) is 50.8 Å². The van der Waals surface area contributed by atoms with Crippen LogP contribution in [0, 0.1) is 0 Å². The molecule has 0 unspecified atom stereocenters. The van der Waals surface area contributed by atoms with E-state index in [1.54, 1.807) is 12.3 Å². The Morgan fingerprint density at radius 2 is 1.88 bits per heavy atom. The van der Waals surface area contributed by atoms with Crippen LogP contribution in [-0.2, 0) is 0 Å². The van der Waals surface area contributed by atoms with Gasteiger partial charge in [0.15, 0.2) is 11.5 Å². The number of aromatic nitrogens is 2. The summed E-state index contributed by atoms with van der Waals surface area (Å²) in [6, 6.07) is 9.29. The molecule has 1 heterocycles. The van der Waals surface area contributed by atoms with Crippen molar-refractivity contribution in [2.24, 2.45) is 5.10 Å². The van der Waals surface area contributed by atoms with E-state index in [4.69, 9.17) is 14.5 Å². The maximum Gasteiger partial charge on any atom is 0.282 e. The molecule has 1 aromatic heterocycles. The highest BCUT2D eigenvalue weighted by atomic mass is 79.9. The van der Waals surface area contributed by atoms with E-state index in [1.165, 1.54) is 4.68 Å². The van der Waals surface area contributed by atoms with Crippen LogP contribution in [0.1, 0.15) is 64.8 Å². The van der Waals surface area contributed by atoms with Crippen molar-refractivity contribution < 1.29 is 9.47 Å². The Hall–Kier alpha value is -2.19. The van der Waals surface area contributed by atoms with Crippen molar-refractivity contribution in [3.05, 3.63) is 61.0 Å². The molecule has 0 aliphatic rings. The first-order valence-electron chi connectivity index (χ1n) is 11.2. The smallest absolute Gasteiger partial charge is 0.282 e. The minimum atomic E-state index is -0.200. The number of halogens is 2. The van der Waals surface area contributed by atoms with E-state index in [-0.39, 0.29) is 17.6 Å². The molecule has 2 aromatic carbocycles. The standard InChI is InChI=1S/C25H29Br2N3O3/c1-6-15(4)24-29-21-10-9-18(26)13-19(21)25(31)30(24)28-14-17-11-20(27)23(33-16(5)7-2)22(12-17)32-8-3/h9-16H,6-8H2,1-5H3/t15-,16-/m0/s1. The molecule has 0 spiro atoms. The summed E-state index contributed by atoms with van der Waals surface area (Å²) in [5.41, 5.74) is 1.24. The highest BCUT2D eigenvalue weighted by Gasteiger charge is 2.17. The van der Waals surface area contributed by atoms with Gasteiger partial charge in [0.05, 0.1) is 34.3 Å². The van der Waals surface area contributed by atoms with Crippen molar-refractivity contribution in [2.75, 3.05) is 6.61 Å². The van der Waals surface area contributed by atoms with Crippen molar-refractivity contribution in [1.82, 2.24) is 9.66 Å². The molecule has 0 amide bonds. The number of benzene rings is 2. The predicted octanol–water partition coefficient (Wildman–Crippen LogP) is 6.89. The van der Waals surface area contributed by atoms with Crippen molar-refractivity contribution >= 4 is 49.0 Å². The van der Waals surface area contributed by atoms with E-state index in [1.807, 2.05) is 45.0 Å². The number of rotatable bonds is 9. The van der Waals surface area contributed by atoms with Crippen LogP contribution in [0.25, 0.3) is 10.9 Å². The zero-order valence-corrected chi connectivity index (χ0v) is 22.7. The number of hydrogen-bond acceptors (Lipinski definition) is 5. The quantitative estimate of drug-likeness (QED) is 0.259. The third-order valence-corrected chi connectivity index (χ3v) is 6.52. The van der Waals surface area contributed by atoms with Gasteiger partial charge >= 0.3 is 0 Å². The lowest BCUT2D eigenvalue weighted by Gasteiger charge is -2.18. The van der Waals surface area contributed by atoms with Crippen molar-refractivity contribution in [3.8, 4) is 11.5 Å². The molecular formula is C25H29Br2N3O3. The Kier molecular flexibility index (Phi) is 8.70. The molecule has 2 atom stereocenters. The monoisotopic (exact) mass is 577 g/mol. The third kappa shape index (κ3) is 5.84. The summed E-state index contributed by atoms with van der Waals surface area (Å²) in [5, 5.41) is 5.07. The molecule has 0 radical (unpaired) electrons. The third-order valence-electron chi connectivity index (χ3n) is 5.43. The van der Waals surface area contributed by atoms with Gasteiger partial charge in [-0.1, -0.05) is 36.7 Å². The van der Waals surface area contributed by atoms with Gasteiger partial charge in [-0.3, -0.25) is 4.79 Å². The van der Waals surface area contributed by atoms with Crippen LogP contribution in [0.2, 0.25) is 0 Å². The summed E-state index contributed by atoms with van der Waals surface area (Å²) in [7, 11) is 0. The first-order valence-corrected chi connectivity index (χ1v) is 12.8. The molecular weight excluding hydrogens is 550 g/mol. The summed E-state index contributed by atoms with van der Waals surface area (Å²) in [5.74, 6) is 2.00. The topological polar surface area (TPSA) is 65.7 Å². The molecule has 3 rings (SSSR count). The van der Waals surface area contributed by atoms with Gasteiger partial charge in [0.25, 0.3) is 5.56 Å². The van der Waals surface area contributed by atoms with Crippen LogP contribution in [0.3, 0.4) is 0 Å². The van der Waals surface area contributed by atoms with Gasteiger partial charge in [-0.25, -0.2) is 4.98 Å². The average molecular weight is 579 g/mol. The van der Waals surface area contributed by atoms with Gasteiger partial charge in [-0.2, -0.15) is 9.78 Å². The Labute approximate surface area is 211 Å². The molecule has 0 saturated heterocycles. The van der Waals surface area contributed by atoms with Gasteiger partial charge < -0.3 is 9.47 Å². The van der Waals surface area contributed by atoms with E-state index in [0.29, 0.717) is 34.8 Å². The number of fused-ring (bicyclic) bond motifs is 1.